The number of amides is 1. The minimum atomic E-state index is -0.0834. The Labute approximate surface area is 103 Å². The summed E-state index contributed by atoms with van der Waals surface area (Å²) in [7, 11) is 0. The van der Waals surface area contributed by atoms with Crippen molar-refractivity contribution in [3.63, 3.8) is 0 Å². The molecule has 1 aliphatic rings. The van der Waals surface area contributed by atoms with Gasteiger partial charge < -0.3 is 10.6 Å². The molecule has 17 heavy (non-hydrogen) atoms. The predicted molar refractivity (Wildman–Crippen MR) is 66.5 cm³/mol. The molecule has 0 unspecified atom stereocenters. The zero-order valence-electron chi connectivity index (χ0n) is 9.09. The molecule has 86 valence electrons. The van der Waals surface area contributed by atoms with Crippen LogP contribution in [0.25, 0.3) is 0 Å². The summed E-state index contributed by atoms with van der Waals surface area (Å²) in [6, 6.07) is 8.08. The van der Waals surface area contributed by atoms with Gasteiger partial charge in [0, 0.05) is 13.1 Å². The van der Waals surface area contributed by atoms with Crippen LogP contribution in [0.3, 0.4) is 0 Å². The summed E-state index contributed by atoms with van der Waals surface area (Å²) in [5.74, 6) is -0.0834. The molecular weight excluding hydrogens is 234 g/mol. The molecule has 0 radical (unpaired) electrons. The van der Waals surface area contributed by atoms with Crippen molar-refractivity contribution < 1.29 is 4.79 Å². The van der Waals surface area contributed by atoms with Crippen LogP contribution in [0.5, 0.6) is 0 Å². The summed E-state index contributed by atoms with van der Waals surface area (Å²) in [4.78, 5) is 18.0. The average Bonchev–Trinajstić information content (AvgIpc) is 2.93. The Hall–Kier alpha value is -1.88. The lowest BCUT2D eigenvalue weighted by Gasteiger charge is -2.13. The van der Waals surface area contributed by atoms with Crippen molar-refractivity contribution in [1.82, 2.24) is 9.88 Å². The molecule has 2 heterocycles. The van der Waals surface area contributed by atoms with Crippen molar-refractivity contribution in [3.05, 3.63) is 46.6 Å². The Morgan fingerprint density at radius 1 is 1.29 bits per heavy atom. The molecule has 0 bridgehead atoms. The van der Waals surface area contributed by atoms with Gasteiger partial charge in [-0.3, -0.25) is 4.79 Å². The van der Waals surface area contributed by atoms with Crippen molar-refractivity contribution in [3.8, 4) is 0 Å². The van der Waals surface area contributed by atoms with Gasteiger partial charge in [-0.15, -0.1) is 11.3 Å². The van der Waals surface area contributed by atoms with E-state index >= 15 is 0 Å². The van der Waals surface area contributed by atoms with E-state index in [1.807, 2.05) is 24.3 Å². The topological polar surface area (TPSA) is 59.2 Å². The molecule has 1 aliphatic heterocycles. The highest BCUT2D eigenvalue weighted by molar-refractivity contribution is 7.14. The van der Waals surface area contributed by atoms with Gasteiger partial charge in [-0.2, -0.15) is 0 Å². The maximum atomic E-state index is 12.2. The third-order valence-corrected chi connectivity index (χ3v) is 3.58. The third-order valence-electron chi connectivity index (χ3n) is 2.93. The first-order valence-corrected chi connectivity index (χ1v) is 6.18. The maximum absolute atomic E-state index is 12.2. The Balaban J connectivity index is 1.86. The van der Waals surface area contributed by atoms with Crippen LogP contribution in [-0.4, -0.2) is 15.8 Å². The van der Waals surface area contributed by atoms with Crippen molar-refractivity contribution in [2.45, 2.75) is 13.1 Å². The average molecular weight is 245 g/mol. The lowest BCUT2D eigenvalue weighted by Crippen LogP contribution is -2.26. The van der Waals surface area contributed by atoms with Crippen molar-refractivity contribution >= 4 is 22.2 Å². The number of benzene rings is 1. The number of rotatable bonds is 1. The minimum Gasteiger partial charge on any atom is -0.389 e. The first-order chi connectivity index (χ1) is 8.25. The second-order valence-electron chi connectivity index (χ2n) is 4.00. The van der Waals surface area contributed by atoms with Crippen molar-refractivity contribution in [2.75, 3.05) is 5.73 Å². The SMILES string of the molecule is Nc1scnc1C(=O)N1Cc2ccccc2C1. The van der Waals surface area contributed by atoms with Gasteiger partial charge in [-0.1, -0.05) is 24.3 Å². The lowest BCUT2D eigenvalue weighted by molar-refractivity contribution is 0.0747. The van der Waals surface area contributed by atoms with Crippen LogP contribution >= 0.6 is 11.3 Å². The van der Waals surface area contributed by atoms with Gasteiger partial charge in [0.1, 0.15) is 5.00 Å². The summed E-state index contributed by atoms with van der Waals surface area (Å²) in [6.45, 7) is 1.29. The number of nitrogens with two attached hydrogens (primary N) is 1. The molecule has 1 aromatic carbocycles. The zero-order chi connectivity index (χ0) is 11.8. The molecular formula is C12H11N3OS. The van der Waals surface area contributed by atoms with Crippen LogP contribution in [0.1, 0.15) is 21.6 Å². The van der Waals surface area contributed by atoms with Crippen LogP contribution in [0.2, 0.25) is 0 Å². The largest absolute Gasteiger partial charge is 0.389 e. The molecule has 2 N–H and O–H groups in total. The molecule has 5 heteroatoms. The van der Waals surface area contributed by atoms with Crippen LogP contribution in [0.4, 0.5) is 5.00 Å². The zero-order valence-corrected chi connectivity index (χ0v) is 9.91. The van der Waals surface area contributed by atoms with E-state index in [1.54, 1.807) is 10.4 Å². The molecule has 0 aliphatic carbocycles. The van der Waals surface area contributed by atoms with E-state index in [0.717, 1.165) is 0 Å². The molecule has 0 saturated heterocycles. The van der Waals surface area contributed by atoms with Gasteiger partial charge >= 0.3 is 0 Å². The number of aromatic nitrogens is 1. The van der Waals surface area contributed by atoms with E-state index in [1.165, 1.54) is 22.5 Å². The number of fused-ring (bicyclic) bond motifs is 1. The van der Waals surface area contributed by atoms with Gasteiger partial charge in [-0.25, -0.2) is 4.98 Å². The fraction of sp³-hybridized carbons (Fsp3) is 0.167. The third kappa shape index (κ3) is 1.68. The first kappa shape index (κ1) is 10.3. The normalized spacial score (nSPS) is 13.8. The molecule has 1 aromatic heterocycles. The fourth-order valence-corrected chi connectivity index (χ4v) is 2.57. The van der Waals surface area contributed by atoms with E-state index in [4.69, 9.17) is 5.73 Å². The summed E-state index contributed by atoms with van der Waals surface area (Å²) >= 11 is 1.29. The molecule has 3 rings (SSSR count). The van der Waals surface area contributed by atoms with E-state index in [2.05, 4.69) is 4.98 Å². The summed E-state index contributed by atoms with van der Waals surface area (Å²) in [6.07, 6.45) is 0. The number of carbonyl (C=O) groups is 1. The van der Waals surface area contributed by atoms with E-state index in [-0.39, 0.29) is 5.91 Å². The van der Waals surface area contributed by atoms with E-state index < -0.39 is 0 Å². The van der Waals surface area contributed by atoms with Crippen LogP contribution in [-0.2, 0) is 13.1 Å². The highest BCUT2D eigenvalue weighted by atomic mass is 32.1. The number of hydrogen-bond donors (Lipinski definition) is 1. The predicted octanol–water partition coefficient (Wildman–Crippen LogP) is 1.88. The molecule has 0 saturated carbocycles. The summed E-state index contributed by atoms with van der Waals surface area (Å²) in [5, 5.41) is 0.492. The number of hydrogen-bond acceptors (Lipinski definition) is 4. The molecule has 1 amide bonds. The molecule has 0 atom stereocenters. The van der Waals surface area contributed by atoms with E-state index in [0.29, 0.717) is 23.8 Å². The number of anilines is 1. The fourth-order valence-electron chi connectivity index (χ4n) is 2.04. The Kier molecular flexibility index (Phi) is 2.33. The monoisotopic (exact) mass is 245 g/mol. The van der Waals surface area contributed by atoms with Gasteiger partial charge in [0.25, 0.3) is 5.91 Å². The van der Waals surface area contributed by atoms with Gasteiger partial charge in [0.2, 0.25) is 0 Å². The second-order valence-corrected chi connectivity index (χ2v) is 4.88. The van der Waals surface area contributed by atoms with E-state index in [9.17, 15) is 4.79 Å². The number of thiazole rings is 1. The quantitative estimate of drug-likeness (QED) is 0.834. The Morgan fingerprint density at radius 2 is 1.94 bits per heavy atom. The van der Waals surface area contributed by atoms with Crippen LogP contribution < -0.4 is 5.73 Å². The highest BCUT2D eigenvalue weighted by Gasteiger charge is 2.26. The van der Waals surface area contributed by atoms with Gasteiger partial charge in [0.15, 0.2) is 5.69 Å². The Morgan fingerprint density at radius 3 is 2.47 bits per heavy atom. The summed E-state index contributed by atoms with van der Waals surface area (Å²) in [5.41, 5.74) is 10.1. The summed E-state index contributed by atoms with van der Waals surface area (Å²) < 4.78 is 0. The van der Waals surface area contributed by atoms with Gasteiger partial charge in [0.05, 0.1) is 5.51 Å². The molecule has 2 aromatic rings. The first-order valence-electron chi connectivity index (χ1n) is 5.30. The molecule has 4 nitrogen and oxygen atoms in total. The lowest BCUT2D eigenvalue weighted by atomic mass is 10.1. The number of nitrogens with zero attached hydrogens (tertiary/aromatic N) is 2. The number of nitrogen functional groups attached to an aromatic ring is 1. The van der Waals surface area contributed by atoms with Crippen molar-refractivity contribution in [2.24, 2.45) is 0 Å². The van der Waals surface area contributed by atoms with Crippen LogP contribution in [0, 0.1) is 0 Å². The molecule has 0 fully saturated rings. The standard InChI is InChI=1S/C12H11N3OS/c13-11-10(14-7-17-11)12(16)15-5-8-3-1-2-4-9(8)6-15/h1-4,7H,5-6,13H2. The second kappa shape index (κ2) is 3.85. The van der Waals surface area contributed by atoms with Crippen LogP contribution in [0.15, 0.2) is 29.8 Å². The van der Waals surface area contributed by atoms with Crippen molar-refractivity contribution in [1.29, 1.82) is 0 Å². The smallest absolute Gasteiger partial charge is 0.276 e. The Bertz CT molecular complexity index is 554. The minimum absolute atomic E-state index is 0.0834. The highest BCUT2D eigenvalue weighted by Crippen LogP contribution is 2.25. The number of carbonyl (C=O) groups excluding carboxylic acids is 1. The maximum Gasteiger partial charge on any atom is 0.276 e. The molecule has 0 spiro atoms. The van der Waals surface area contributed by atoms with Gasteiger partial charge in [-0.05, 0) is 11.1 Å².